The molecule has 3 rings (SSSR count). The van der Waals surface area contributed by atoms with Gasteiger partial charge in [0.1, 0.15) is 0 Å². The molecule has 27 heavy (non-hydrogen) atoms. The maximum Gasteiger partial charge on any atom is 0.303 e. The third-order valence-corrected chi connectivity index (χ3v) is 8.88. The molecule has 2 bridgehead atoms. The van der Waals surface area contributed by atoms with Gasteiger partial charge in [-0.3, -0.25) is 4.79 Å². The highest BCUT2D eigenvalue weighted by Gasteiger charge is 2.46. The molecule has 2 saturated heterocycles. The van der Waals surface area contributed by atoms with E-state index in [9.17, 15) is 9.90 Å². The van der Waals surface area contributed by atoms with Gasteiger partial charge in [0.15, 0.2) is 0 Å². The van der Waals surface area contributed by atoms with Crippen molar-refractivity contribution in [3.05, 3.63) is 24.3 Å². The number of carboxylic acids is 1. The number of carbonyl (C=O) groups is 1. The molecule has 3 aliphatic rings. The van der Waals surface area contributed by atoms with E-state index in [1.807, 2.05) is 0 Å². The van der Waals surface area contributed by atoms with Gasteiger partial charge in [-0.1, -0.05) is 50.5 Å². The van der Waals surface area contributed by atoms with Crippen molar-refractivity contribution < 1.29 is 15.0 Å². The molecule has 5 atom stereocenters. The second-order valence-corrected chi connectivity index (χ2v) is 10.6. The second kappa shape index (κ2) is 9.65. The molecule has 1 aliphatic carbocycles. The first-order valence-corrected chi connectivity index (χ1v) is 11.8. The molecule has 152 valence electrons. The van der Waals surface area contributed by atoms with Crippen molar-refractivity contribution >= 4 is 17.7 Å². The van der Waals surface area contributed by atoms with Crippen LogP contribution in [0.2, 0.25) is 0 Å². The quantitative estimate of drug-likeness (QED) is 0.397. The zero-order valence-electron chi connectivity index (χ0n) is 16.7. The molecule has 2 heterocycles. The third-order valence-electron chi connectivity index (χ3n) is 7.05. The van der Waals surface area contributed by atoms with Crippen LogP contribution in [-0.2, 0) is 4.79 Å². The monoisotopic (exact) mass is 392 g/mol. The summed E-state index contributed by atoms with van der Waals surface area (Å²) in [6.45, 7) is 2.26. The predicted octanol–water partition coefficient (Wildman–Crippen LogP) is 5.59. The smallest absolute Gasteiger partial charge is 0.303 e. The molecule has 2 N–H and O–H groups in total. The number of aliphatic hydroxyl groups excluding tert-OH is 1. The van der Waals surface area contributed by atoms with Crippen LogP contribution in [0.5, 0.6) is 0 Å². The van der Waals surface area contributed by atoms with Crippen LogP contribution in [0.25, 0.3) is 0 Å². The zero-order valence-corrected chi connectivity index (χ0v) is 17.5. The fourth-order valence-corrected chi connectivity index (χ4v) is 7.21. The van der Waals surface area contributed by atoms with Crippen LogP contribution < -0.4 is 0 Å². The van der Waals surface area contributed by atoms with E-state index in [4.69, 9.17) is 5.11 Å². The Hall–Kier alpha value is -0.740. The Morgan fingerprint density at radius 2 is 1.93 bits per heavy atom. The second-order valence-electron chi connectivity index (χ2n) is 9.07. The number of aliphatic hydroxyl groups is 1. The van der Waals surface area contributed by atoms with Crippen LogP contribution in [-0.4, -0.2) is 32.8 Å². The van der Waals surface area contributed by atoms with Crippen molar-refractivity contribution in [1.29, 1.82) is 0 Å². The average molecular weight is 393 g/mol. The fourth-order valence-electron chi connectivity index (χ4n) is 5.25. The standard InChI is InChI=1S/C23H36O3S/c1-23(15-7-4-8-16-23)21(24)14-11-18-17(19-12-13-20(18)27-19)9-5-2-3-6-10-22(25)26/h2,5,11,14,17-21,24H,3-4,6-10,12-13,15-16H2,1H3,(H,25,26)/t17-,18+,19-,20+,21?/m0/s1. The van der Waals surface area contributed by atoms with Gasteiger partial charge in [0, 0.05) is 16.9 Å². The van der Waals surface area contributed by atoms with Crippen molar-refractivity contribution in [3.63, 3.8) is 0 Å². The summed E-state index contributed by atoms with van der Waals surface area (Å²) >= 11 is 2.16. The number of thioether (sulfide) groups is 1. The van der Waals surface area contributed by atoms with E-state index in [1.165, 1.54) is 32.1 Å². The van der Waals surface area contributed by atoms with E-state index in [2.05, 4.69) is 43.0 Å². The first kappa shape index (κ1) is 21.0. The minimum absolute atomic E-state index is 0.0685. The Bertz CT molecular complexity index is 550. The lowest BCUT2D eigenvalue weighted by Crippen LogP contribution is -2.33. The van der Waals surface area contributed by atoms with E-state index in [0.717, 1.165) is 42.6 Å². The number of allylic oxidation sites excluding steroid dienone is 3. The Morgan fingerprint density at radius 1 is 1.19 bits per heavy atom. The van der Waals surface area contributed by atoms with Gasteiger partial charge in [-0.25, -0.2) is 0 Å². The van der Waals surface area contributed by atoms with E-state index in [1.54, 1.807) is 0 Å². The van der Waals surface area contributed by atoms with Crippen LogP contribution in [0.4, 0.5) is 0 Å². The van der Waals surface area contributed by atoms with Crippen molar-refractivity contribution in [3.8, 4) is 0 Å². The molecule has 2 aliphatic heterocycles. The lowest BCUT2D eigenvalue weighted by Gasteiger charge is -2.37. The number of aliphatic carboxylic acids is 1. The van der Waals surface area contributed by atoms with Crippen LogP contribution in [0.1, 0.15) is 77.6 Å². The molecule has 3 fully saturated rings. The molecular formula is C23H36O3S. The highest BCUT2D eigenvalue weighted by Crippen LogP contribution is 2.55. The summed E-state index contributed by atoms with van der Waals surface area (Å²) in [5.74, 6) is 0.551. The topological polar surface area (TPSA) is 57.5 Å². The summed E-state index contributed by atoms with van der Waals surface area (Å²) in [5, 5.41) is 21.0. The van der Waals surface area contributed by atoms with Crippen LogP contribution in [0.15, 0.2) is 24.3 Å². The number of fused-ring (bicyclic) bond motifs is 2. The first-order valence-electron chi connectivity index (χ1n) is 10.9. The molecular weight excluding hydrogens is 356 g/mol. The van der Waals surface area contributed by atoms with E-state index in [0.29, 0.717) is 11.8 Å². The van der Waals surface area contributed by atoms with Crippen molar-refractivity contribution in [2.45, 2.75) is 94.2 Å². The normalized spacial score (nSPS) is 33.9. The number of hydrogen-bond acceptors (Lipinski definition) is 3. The minimum atomic E-state index is -0.705. The van der Waals surface area contributed by atoms with Gasteiger partial charge in [0.2, 0.25) is 0 Å². The van der Waals surface area contributed by atoms with Crippen molar-refractivity contribution in [2.75, 3.05) is 0 Å². The molecule has 1 unspecified atom stereocenters. The van der Waals surface area contributed by atoms with Gasteiger partial charge in [-0.15, -0.1) is 0 Å². The molecule has 3 nitrogen and oxygen atoms in total. The van der Waals surface area contributed by atoms with E-state index < -0.39 is 5.97 Å². The van der Waals surface area contributed by atoms with E-state index >= 15 is 0 Å². The summed E-state index contributed by atoms with van der Waals surface area (Å²) in [6.07, 6.45) is 20.3. The zero-order chi connectivity index (χ0) is 19.3. The highest BCUT2D eigenvalue weighted by atomic mass is 32.2. The SMILES string of the molecule is CC1(C(O)C=C[C@@H]2[C@H](CC=CCCCC(=O)O)[C@@H]3CC[C@H]2S3)CCCCC1. The van der Waals surface area contributed by atoms with Gasteiger partial charge in [0.05, 0.1) is 6.10 Å². The average Bonchev–Trinajstić information content (AvgIpc) is 3.24. The van der Waals surface area contributed by atoms with Crippen molar-refractivity contribution in [1.82, 2.24) is 0 Å². The van der Waals surface area contributed by atoms with Gasteiger partial charge in [-0.05, 0) is 62.2 Å². The molecule has 0 radical (unpaired) electrons. The maximum absolute atomic E-state index is 10.8. The van der Waals surface area contributed by atoms with Gasteiger partial charge >= 0.3 is 5.97 Å². The Kier molecular flexibility index (Phi) is 7.49. The Morgan fingerprint density at radius 3 is 2.67 bits per heavy atom. The van der Waals surface area contributed by atoms with Crippen LogP contribution in [0.3, 0.4) is 0 Å². The van der Waals surface area contributed by atoms with Crippen LogP contribution >= 0.6 is 11.8 Å². The molecule has 0 spiro atoms. The van der Waals surface area contributed by atoms with Crippen molar-refractivity contribution in [2.24, 2.45) is 17.3 Å². The summed E-state index contributed by atoms with van der Waals surface area (Å²) in [4.78, 5) is 10.6. The minimum Gasteiger partial charge on any atom is -0.481 e. The lowest BCUT2D eigenvalue weighted by molar-refractivity contribution is -0.137. The molecule has 4 heteroatoms. The third kappa shape index (κ3) is 5.41. The van der Waals surface area contributed by atoms with E-state index in [-0.39, 0.29) is 17.9 Å². The Labute approximate surface area is 168 Å². The van der Waals surface area contributed by atoms with Gasteiger partial charge in [0.25, 0.3) is 0 Å². The summed E-state index contributed by atoms with van der Waals surface area (Å²) < 4.78 is 0. The lowest BCUT2D eigenvalue weighted by atomic mass is 9.71. The van der Waals surface area contributed by atoms with Gasteiger partial charge < -0.3 is 10.2 Å². The van der Waals surface area contributed by atoms with Gasteiger partial charge in [-0.2, -0.15) is 11.8 Å². The number of unbranched alkanes of at least 4 members (excludes halogenated alkanes) is 1. The molecule has 0 aromatic carbocycles. The molecule has 0 aromatic heterocycles. The predicted molar refractivity (Wildman–Crippen MR) is 113 cm³/mol. The first-order chi connectivity index (χ1) is 13.0. The summed E-state index contributed by atoms with van der Waals surface area (Å²) in [7, 11) is 0. The molecule has 1 saturated carbocycles. The molecule has 0 aromatic rings. The largest absolute Gasteiger partial charge is 0.481 e. The number of rotatable bonds is 9. The highest BCUT2D eigenvalue weighted by molar-refractivity contribution is 8.01. The number of hydrogen-bond donors (Lipinski definition) is 2. The maximum atomic E-state index is 10.8. The number of carboxylic acid groups (broad SMARTS) is 1. The summed E-state index contributed by atoms with van der Waals surface area (Å²) in [6, 6.07) is 0. The molecule has 0 amide bonds. The summed E-state index contributed by atoms with van der Waals surface area (Å²) in [5.41, 5.74) is 0.0685. The van der Waals surface area contributed by atoms with Crippen LogP contribution in [0, 0.1) is 17.3 Å². The Balaban J connectivity index is 1.53. The fraction of sp³-hybridized carbons (Fsp3) is 0.783.